The van der Waals surface area contributed by atoms with Crippen LogP contribution in [-0.2, 0) is 22.6 Å². The lowest BCUT2D eigenvalue weighted by atomic mass is 10.1. The Morgan fingerprint density at radius 2 is 1.61 bits per heavy atom. The number of rotatable bonds is 6. The first-order chi connectivity index (χ1) is 13.6. The Balaban J connectivity index is 1.53. The van der Waals surface area contributed by atoms with Gasteiger partial charge in [0, 0.05) is 0 Å². The molecule has 0 N–H and O–H groups in total. The maximum Gasteiger partial charge on any atom is 0.263 e. The summed E-state index contributed by atoms with van der Waals surface area (Å²) in [7, 11) is 0. The van der Waals surface area contributed by atoms with Gasteiger partial charge in [-0.15, -0.1) is 0 Å². The lowest BCUT2D eigenvalue weighted by Crippen LogP contribution is -2.39. The van der Waals surface area contributed by atoms with Crippen LogP contribution in [0.2, 0.25) is 0 Å². The molecule has 2 heterocycles. The van der Waals surface area contributed by atoms with Gasteiger partial charge in [0.15, 0.2) is 12.1 Å². The van der Waals surface area contributed by atoms with Crippen molar-refractivity contribution in [2.75, 3.05) is 11.5 Å². The van der Waals surface area contributed by atoms with Gasteiger partial charge in [-0.05, 0) is 48.7 Å². The number of anilines is 1. The zero-order chi connectivity index (χ0) is 19.7. The number of carbonyl (C=O) groups is 2. The van der Waals surface area contributed by atoms with Gasteiger partial charge in [-0.1, -0.05) is 36.4 Å². The summed E-state index contributed by atoms with van der Waals surface area (Å²) >= 11 is 0. The number of hydrogen-bond donors (Lipinski definition) is 0. The van der Waals surface area contributed by atoms with Crippen LogP contribution in [0, 0.1) is 0 Å². The van der Waals surface area contributed by atoms with Crippen LogP contribution in [0.25, 0.3) is 0 Å². The predicted molar refractivity (Wildman–Crippen MR) is 104 cm³/mol. The highest BCUT2D eigenvalue weighted by Gasteiger charge is 2.54. The van der Waals surface area contributed by atoms with Crippen molar-refractivity contribution < 1.29 is 14.3 Å². The monoisotopic (exact) mass is 378 g/mol. The fourth-order valence-electron chi connectivity index (χ4n) is 3.53. The molecule has 2 aromatic carbocycles. The number of hydrogen-bond acceptors (Lipinski definition) is 6. The largest absolute Gasteiger partial charge is 0.494 e. The Kier molecular flexibility index (Phi) is 4.81. The molecule has 28 heavy (non-hydrogen) atoms. The molecule has 7 heteroatoms. The first kappa shape index (κ1) is 18.2. The van der Waals surface area contributed by atoms with Crippen molar-refractivity contribution in [1.82, 2.24) is 5.01 Å². The molecule has 2 atom stereocenters. The summed E-state index contributed by atoms with van der Waals surface area (Å²) in [6.45, 7) is 5.00. The van der Waals surface area contributed by atoms with E-state index < -0.39 is 12.1 Å². The van der Waals surface area contributed by atoms with Crippen LogP contribution in [0.5, 0.6) is 5.75 Å². The van der Waals surface area contributed by atoms with Crippen molar-refractivity contribution in [2.24, 2.45) is 10.3 Å². The molecule has 4 rings (SSSR count). The van der Waals surface area contributed by atoms with E-state index in [1.807, 2.05) is 19.1 Å². The fraction of sp³-hybridized carbons (Fsp3) is 0.333. The van der Waals surface area contributed by atoms with E-state index >= 15 is 0 Å². The Hall–Kier alpha value is -3.22. The molecular formula is C21H22N4O3. The van der Waals surface area contributed by atoms with E-state index in [9.17, 15) is 9.59 Å². The fourth-order valence-corrected chi connectivity index (χ4v) is 3.53. The standard InChI is InChI=1S/C21H22N4O3/c1-3-14-5-7-15(8-6-14)13-24-19-18(22-23-24)20(26)25(21(19)27)16-9-11-17(12-10-16)28-4-2/h5-12,18-19H,3-4,13H2,1-2H3/t18-,19+/m1/s1. The summed E-state index contributed by atoms with van der Waals surface area (Å²) < 4.78 is 5.42. The van der Waals surface area contributed by atoms with Crippen LogP contribution >= 0.6 is 0 Å². The number of carbonyl (C=O) groups excluding carboxylic acids is 2. The van der Waals surface area contributed by atoms with Crippen molar-refractivity contribution in [2.45, 2.75) is 38.9 Å². The van der Waals surface area contributed by atoms with Crippen molar-refractivity contribution in [1.29, 1.82) is 0 Å². The number of fused-ring (bicyclic) bond motifs is 1. The lowest BCUT2D eigenvalue weighted by Gasteiger charge is -2.21. The molecule has 0 saturated carbocycles. The molecule has 0 aliphatic carbocycles. The van der Waals surface area contributed by atoms with Crippen LogP contribution in [0.4, 0.5) is 5.69 Å². The predicted octanol–water partition coefficient (Wildman–Crippen LogP) is 3.14. The Morgan fingerprint density at radius 3 is 2.25 bits per heavy atom. The van der Waals surface area contributed by atoms with E-state index in [4.69, 9.17) is 4.74 Å². The van der Waals surface area contributed by atoms with Gasteiger partial charge in [-0.2, -0.15) is 5.11 Å². The van der Waals surface area contributed by atoms with E-state index in [1.54, 1.807) is 29.3 Å². The summed E-state index contributed by atoms with van der Waals surface area (Å²) in [5.41, 5.74) is 2.80. The third kappa shape index (κ3) is 3.13. The summed E-state index contributed by atoms with van der Waals surface area (Å²) in [4.78, 5) is 27.0. The van der Waals surface area contributed by atoms with Crippen molar-refractivity contribution in [3.63, 3.8) is 0 Å². The third-order valence-electron chi connectivity index (χ3n) is 5.04. The molecule has 2 aliphatic rings. The highest BCUT2D eigenvalue weighted by atomic mass is 16.5. The van der Waals surface area contributed by atoms with Gasteiger partial charge in [-0.25, -0.2) is 4.90 Å². The molecule has 2 aliphatic heterocycles. The van der Waals surface area contributed by atoms with Gasteiger partial charge in [0.1, 0.15) is 5.75 Å². The second-order valence-electron chi connectivity index (χ2n) is 6.80. The van der Waals surface area contributed by atoms with Crippen molar-refractivity contribution >= 4 is 17.5 Å². The molecular weight excluding hydrogens is 356 g/mol. The van der Waals surface area contributed by atoms with Crippen LogP contribution < -0.4 is 9.64 Å². The van der Waals surface area contributed by atoms with Gasteiger partial charge in [0.25, 0.3) is 11.8 Å². The SMILES string of the molecule is CCOc1ccc(N2C(=O)[C@@H]3[C@@H](N=NN3Cc3ccc(CC)cc3)C2=O)cc1. The first-order valence-corrected chi connectivity index (χ1v) is 9.48. The smallest absolute Gasteiger partial charge is 0.263 e. The van der Waals surface area contributed by atoms with Crippen LogP contribution in [0.15, 0.2) is 58.9 Å². The number of aryl methyl sites for hydroxylation is 1. The molecule has 0 radical (unpaired) electrons. The summed E-state index contributed by atoms with van der Waals surface area (Å²) in [5, 5.41) is 9.78. The van der Waals surface area contributed by atoms with Gasteiger partial charge >= 0.3 is 0 Å². The second-order valence-corrected chi connectivity index (χ2v) is 6.80. The Morgan fingerprint density at radius 1 is 0.929 bits per heavy atom. The Bertz CT molecular complexity index is 908. The number of imide groups is 1. The van der Waals surface area contributed by atoms with E-state index in [-0.39, 0.29) is 11.8 Å². The molecule has 144 valence electrons. The van der Waals surface area contributed by atoms with Crippen LogP contribution in [0.3, 0.4) is 0 Å². The van der Waals surface area contributed by atoms with Gasteiger partial charge in [0.05, 0.1) is 18.8 Å². The first-order valence-electron chi connectivity index (χ1n) is 9.48. The molecule has 1 saturated heterocycles. The number of ether oxygens (including phenoxy) is 1. The van der Waals surface area contributed by atoms with E-state index in [1.165, 1.54) is 10.5 Å². The summed E-state index contributed by atoms with van der Waals surface area (Å²) in [5.74, 6) is 0.0588. The molecule has 0 unspecified atom stereocenters. The zero-order valence-electron chi connectivity index (χ0n) is 15.9. The van der Waals surface area contributed by atoms with Crippen LogP contribution in [0.1, 0.15) is 25.0 Å². The van der Waals surface area contributed by atoms with Crippen molar-refractivity contribution in [3.8, 4) is 5.75 Å². The molecule has 0 bridgehead atoms. The van der Waals surface area contributed by atoms with E-state index in [0.29, 0.717) is 24.6 Å². The minimum Gasteiger partial charge on any atom is -0.494 e. The van der Waals surface area contributed by atoms with Crippen LogP contribution in [-0.4, -0.2) is 35.5 Å². The molecule has 7 nitrogen and oxygen atoms in total. The minimum atomic E-state index is -0.783. The average Bonchev–Trinajstić information content (AvgIpc) is 3.23. The third-order valence-corrected chi connectivity index (χ3v) is 5.04. The average molecular weight is 378 g/mol. The maximum absolute atomic E-state index is 13.0. The maximum atomic E-state index is 13.0. The summed E-state index contributed by atoms with van der Waals surface area (Å²) in [6, 6.07) is 13.6. The second kappa shape index (κ2) is 7.42. The van der Waals surface area contributed by atoms with E-state index in [0.717, 1.165) is 12.0 Å². The minimum absolute atomic E-state index is 0.297. The lowest BCUT2D eigenvalue weighted by molar-refractivity contribution is -0.123. The molecule has 2 aromatic rings. The quantitative estimate of drug-likeness (QED) is 0.724. The molecule has 0 spiro atoms. The van der Waals surface area contributed by atoms with Crippen molar-refractivity contribution in [3.05, 3.63) is 59.7 Å². The topological polar surface area (TPSA) is 74.6 Å². The zero-order valence-corrected chi connectivity index (χ0v) is 15.9. The highest BCUT2D eigenvalue weighted by Crippen LogP contribution is 2.33. The van der Waals surface area contributed by atoms with E-state index in [2.05, 4.69) is 29.4 Å². The highest BCUT2D eigenvalue weighted by molar-refractivity contribution is 6.25. The molecule has 0 aromatic heterocycles. The normalized spacial score (nSPS) is 20.8. The van der Waals surface area contributed by atoms with Gasteiger partial charge < -0.3 is 4.74 Å². The Labute approximate surface area is 163 Å². The van der Waals surface area contributed by atoms with Gasteiger partial charge in [0.2, 0.25) is 0 Å². The van der Waals surface area contributed by atoms with Gasteiger partial charge in [-0.3, -0.25) is 14.6 Å². The summed E-state index contributed by atoms with van der Waals surface area (Å²) in [6.07, 6.45) is 0.971. The molecule has 1 fully saturated rings. The number of amides is 2. The number of nitrogens with zero attached hydrogens (tertiary/aromatic N) is 4. The number of benzene rings is 2. The molecule has 2 amide bonds.